The summed E-state index contributed by atoms with van der Waals surface area (Å²) >= 11 is 0. The Hall–Kier alpha value is -0.0400. The number of hydrogen-bond acceptors (Lipinski definition) is 1. The Morgan fingerprint density at radius 3 is 1.46 bits per heavy atom. The molecule has 0 atom stereocenters. The molecular weight excluding hydrogens is 316 g/mol. The molecule has 1 radical (unpaired) electrons. The van der Waals surface area contributed by atoms with Crippen molar-refractivity contribution in [2.75, 3.05) is 6.61 Å². The predicted molar refractivity (Wildman–Crippen MR) is 116 cm³/mol. The van der Waals surface area contributed by atoms with E-state index in [-0.39, 0.29) is 0 Å². The van der Waals surface area contributed by atoms with Crippen LogP contribution in [-0.4, -0.2) is 6.61 Å². The smallest absolute Gasteiger partial charge is 0.0867 e. The Morgan fingerprint density at radius 1 is 0.577 bits per heavy atom. The summed E-state index contributed by atoms with van der Waals surface area (Å²) in [4.78, 5) is 0. The number of hydrogen-bond donors (Lipinski definition) is 0. The number of unbranched alkanes of at least 4 members (excludes halogenated alkanes) is 15. The molecule has 0 aromatic rings. The van der Waals surface area contributed by atoms with Crippen LogP contribution in [0.1, 0.15) is 142 Å². The number of ether oxygens (including phenoxy) is 1. The second kappa shape index (κ2) is 19.7. The van der Waals surface area contributed by atoms with Gasteiger partial charge in [0.25, 0.3) is 0 Å². The summed E-state index contributed by atoms with van der Waals surface area (Å²) in [6, 6.07) is 0. The maximum Gasteiger partial charge on any atom is 0.0867 e. The van der Waals surface area contributed by atoms with E-state index < -0.39 is 0 Å². The van der Waals surface area contributed by atoms with Crippen LogP contribution in [0.15, 0.2) is 0 Å². The first-order valence-electron chi connectivity index (χ1n) is 12.4. The molecule has 0 heterocycles. The summed E-state index contributed by atoms with van der Waals surface area (Å²) in [6.07, 6.45) is 29.9. The van der Waals surface area contributed by atoms with Crippen molar-refractivity contribution >= 4 is 0 Å². The molecule has 0 aliphatic heterocycles. The van der Waals surface area contributed by atoms with E-state index in [0.717, 1.165) is 12.5 Å². The zero-order valence-electron chi connectivity index (χ0n) is 18.1. The molecule has 0 bridgehead atoms. The van der Waals surface area contributed by atoms with Gasteiger partial charge in [0.2, 0.25) is 0 Å². The first-order valence-corrected chi connectivity index (χ1v) is 12.4. The fourth-order valence-electron chi connectivity index (χ4n) is 4.21. The molecule has 1 fully saturated rings. The summed E-state index contributed by atoms with van der Waals surface area (Å²) in [7, 11) is 0. The van der Waals surface area contributed by atoms with Crippen LogP contribution in [0.5, 0.6) is 0 Å². The molecule has 0 N–H and O–H groups in total. The molecule has 0 spiro atoms. The van der Waals surface area contributed by atoms with Crippen molar-refractivity contribution in [1.29, 1.82) is 0 Å². The van der Waals surface area contributed by atoms with Gasteiger partial charge in [0.15, 0.2) is 0 Å². The van der Waals surface area contributed by atoms with Crippen molar-refractivity contribution in [3.05, 3.63) is 6.61 Å². The molecule has 0 aromatic carbocycles. The van der Waals surface area contributed by atoms with E-state index in [2.05, 4.69) is 13.5 Å². The molecule has 1 nitrogen and oxygen atoms in total. The fraction of sp³-hybridized carbons (Fsp3) is 0.960. The molecular formula is C25H49O. The van der Waals surface area contributed by atoms with E-state index in [1.54, 1.807) is 0 Å². The van der Waals surface area contributed by atoms with Crippen LogP contribution in [0, 0.1) is 12.5 Å². The molecule has 0 unspecified atom stereocenters. The van der Waals surface area contributed by atoms with Gasteiger partial charge in [0, 0.05) is 6.61 Å². The highest BCUT2D eigenvalue weighted by molar-refractivity contribution is 4.72. The van der Waals surface area contributed by atoms with Crippen LogP contribution in [0.2, 0.25) is 0 Å². The summed E-state index contributed by atoms with van der Waals surface area (Å²) in [5.74, 6) is 0.754. The Labute approximate surface area is 166 Å². The molecule has 1 aliphatic rings. The Morgan fingerprint density at radius 2 is 1.00 bits per heavy atom. The molecule has 1 rings (SSSR count). The van der Waals surface area contributed by atoms with E-state index in [9.17, 15) is 0 Å². The topological polar surface area (TPSA) is 9.23 Å². The Balaban J connectivity index is 1.65. The summed E-state index contributed by atoms with van der Waals surface area (Å²) in [6.45, 7) is 5.41. The highest BCUT2D eigenvalue weighted by Crippen LogP contribution is 2.25. The van der Waals surface area contributed by atoms with Gasteiger partial charge >= 0.3 is 0 Å². The van der Waals surface area contributed by atoms with Crippen molar-refractivity contribution in [3.8, 4) is 0 Å². The lowest BCUT2D eigenvalue weighted by Gasteiger charge is -2.20. The average Bonchev–Trinajstić information content (AvgIpc) is 2.68. The molecule has 1 heteroatoms. The van der Waals surface area contributed by atoms with E-state index in [1.807, 2.05) is 0 Å². The van der Waals surface area contributed by atoms with Crippen LogP contribution in [-0.2, 0) is 4.74 Å². The monoisotopic (exact) mass is 365 g/mol. The number of rotatable bonds is 19. The van der Waals surface area contributed by atoms with Crippen LogP contribution in [0.3, 0.4) is 0 Å². The Kier molecular flexibility index (Phi) is 18.2. The second-order valence-corrected chi connectivity index (χ2v) is 8.71. The maximum atomic E-state index is 5.77. The first kappa shape index (κ1) is 24.0. The molecule has 26 heavy (non-hydrogen) atoms. The highest BCUT2D eigenvalue weighted by atomic mass is 16.5. The lowest BCUT2D eigenvalue weighted by Crippen LogP contribution is -2.09. The Bertz CT molecular complexity index is 257. The minimum atomic E-state index is 0.754. The van der Waals surface area contributed by atoms with Gasteiger partial charge in [0.1, 0.15) is 0 Å². The first-order chi connectivity index (χ1) is 12.9. The van der Waals surface area contributed by atoms with Crippen molar-refractivity contribution in [1.82, 2.24) is 0 Å². The van der Waals surface area contributed by atoms with Gasteiger partial charge < -0.3 is 4.74 Å². The predicted octanol–water partition coefficient (Wildman–Crippen LogP) is 9.01. The van der Waals surface area contributed by atoms with Crippen molar-refractivity contribution in [2.45, 2.75) is 142 Å². The lowest BCUT2D eigenvalue weighted by molar-refractivity contribution is 0.145. The largest absolute Gasteiger partial charge is 0.375 e. The lowest BCUT2D eigenvalue weighted by atomic mass is 9.90. The minimum absolute atomic E-state index is 0.754. The van der Waals surface area contributed by atoms with Gasteiger partial charge in [-0.2, -0.15) is 0 Å². The van der Waals surface area contributed by atoms with Crippen LogP contribution in [0.25, 0.3) is 0 Å². The maximum absolute atomic E-state index is 5.77. The van der Waals surface area contributed by atoms with Gasteiger partial charge in [-0.15, -0.1) is 0 Å². The van der Waals surface area contributed by atoms with Gasteiger partial charge in [-0.25, -0.2) is 0 Å². The van der Waals surface area contributed by atoms with Crippen LogP contribution >= 0.6 is 0 Å². The van der Waals surface area contributed by atoms with E-state index >= 15 is 0 Å². The molecule has 1 aliphatic carbocycles. The van der Waals surface area contributed by atoms with Crippen molar-refractivity contribution < 1.29 is 4.74 Å². The molecule has 0 saturated heterocycles. The SMILES string of the molecule is CCCCCCCCCCCCCCCCCCO[CH]C1CCCCC1. The van der Waals surface area contributed by atoms with E-state index in [0.29, 0.717) is 0 Å². The summed E-state index contributed by atoms with van der Waals surface area (Å²) in [5.41, 5.74) is 0. The van der Waals surface area contributed by atoms with E-state index in [4.69, 9.17) is 4.74 Å². The molecule has 0 amide bonds. The molecule has 0 aromatic heterocycles. The molecule has 155 valence electrons. The third kappa shape index (κ3) is 16.2. The minimum Gasteiger partial charge on any atom is -0.375 e. The van der Waals surface area contributed by atoms with Gasteiger partial charge in [0.05, 0.1) is 6.61 Å². The van der Waals surface area contributed by atoms with Gasteiger partial charge in [-0.3, -0.25) is 0 Å². The summed E-state index contributed by atoms with van der Waals surface area (Å²) < 4.78 is 5.77. The third-order valence-electron chi connectivity index (χ3n) is 6.05. The summed E-state index contributed by atoms with van der Waals surface area (Å²) in [5, 5.41) is 0. The van der Waals surface area contributed by atoms with Crippen molar-refractivity contribution in [2.24, 2.45) is 5.92 Å². The zero-order valence-corrected chi connectivity index (χ0v) is 18.1. The second-order valence-electron chi connectivity index (χ2n) is 8.71. The third-order valence-corrected chi connectivity index (χ3v) is 6.05. The average molecular weight is 366 g/mol. The van der Waals surface area contributed by atoms with Crippen molar-refractivity contribution in [3.63, 3.8) is 0 Å². The zero-order chi connectivity index (χ0) is 18.5. The van der Waals surface area contributed by atoms with Gasteiger partial charge in [-0.05, 0) is 25.2 Å². The van der Waals surface area contributed by atoms with E-state index in [1.165, 1.54) is 135 Å². The van der Waals surface area contributed by atoms with Crippen LogP contribution < -0.4 is 0 Å². The van der Waals surface area contributed by atoms with Crippen LogP contribution in [0.4, 0.5) is 0 Å². The quantitative estimate of drug-likeness (QED) is 0.207. The highest BCUT2D eigenvalue weighted by Gasteiger charge is 2.13. The standard InChI is InChI=1S/C25H49O/c1-2-3-4-5-6-7-8-9-10-11-12-13-14-15-16-20-23-26-24-25-21-18-17-19-22-25/h24-25H,2-23H2,1H3. The van der Waals surface area contributed by atoms with Gasteiger partial charge in [-0.1, -0.05) is 122 Å². The molecule has 1 saturated carbocycles. The normalized spacial score (nSPS) is 15.6. The fourth-order valence-corrected chi connectivity index (χ4v) is 4.21.